The van der Waals surface area contributed by atoms with Gasteiger partial charge in [0.2, 0.25) is 0 Å². The minimum absolute atomic E-state index is 0. The van der Waals surface area contributed by atoms with Gasteiger partial charge in [0.1, 0.15) is 5.75 Å². The SMILES string of the molecule is Cl.Oc1ccc(-c2cc3ccccc3cn2)cc1. The first kappa shape index (κ1) is 12.4. The average molecular weight is 258 g/mol. The third kappa shape index (κ3) is 2.29. The molecule has 0 fully saturated rings. The third-order valence-corrected chi connectivity index (χ3v) is 2.79. The number of aromatic nitrogens is 1. The maximum Gasteiger partial charge on any atom is 0.115 e. The van der Waals surface area contributed by atoms with Gasteiger partial charge in [-0.25, -0.2) is 0 Å². The Labute approximate surface area is 111 Å². The number of benzene rings is 2. The molecule has 0 unspecified atom stereocenters. The minimum atomic E-state index is 0. The number of pyridine rings is 1. The number of nitrogens with zero attached hydrogens (tertiary/aromatic N) is 1. The molecule has 3 aromatic rings. The van der Waals surface area contributed by atoms with Crippen molar-refractivity contribution >= 4 is 23.2 Å². The molecular weight excluding hydrogens is 246 g/mol. The smallest absolute Gasteiger partial charge is 0.115 e. The zero-order valence-corrected chi connectivity index (χ0v) is 10.4. The minimum Gasteiger partial charge on any atom is -0.508 e. The van der Waals surface area contributed by atoms with E-state index in [4.69, 9.17) is 0 Å². The van der Waals surface area contributed by atoms with Gasteiger partial charge in [-0.05, 0) is 35.7 Å². The van der Waals surface area contributed by atoms with Crippen molar-refractivity contribution in [3.05, 3.63) is 60.8 Å². The number of halogens is 1. The molecule has 0 spiro atoms. The van der Waals surface area contributed by atoms with Crippen molar-refractivity contribution in [2.75, 3.05) is 0 Å². The van der Waals surface area contributed by atoms with Crippen LogP contribution >= 0.6 is 12.4 Å². The number of fused-ring (bicyclic) bond motifs is 1. The third-order valence-electron chi connectivity index (χ3n) is 2.79. The van der Waals surface area contributed by atoms with E-state index in [0.29, 0.717) is 0 Å². The highest BCUT2D eigenvalue weighted by Gasteiger charge is 2.00. The molecule has 2 aromatic carbocycles. The summed E-state index contributed by atoms with van der Waals surface area (Å²) in [5.41, 5.74) is 1.93. The van der Waals surface area contributed by atoms with Gasteiger partial charge >= 0.3 is 0 Å². The van der Waals surface area contributed by atoms with Gasteiger partial charge in [0.05, 0.1) is 5.69 Å². The Hall–Kier alpha value is -2.06. The van der Waals surface area contributed by atoms with Gasteiger partial charge in [-0.1, -0.05) is 24.3 Å². The van der Waals surface area contributed by atoms with Crippen LogP contribution in [-0.2, 0) is 0 Å². The van der Waals surface area contributed by atoms with Gasteiger partial charge in [-0.2, -0.15) is 0 Å². The van der Waals surface area contributed by atoms with Gasteiger partial charge in [0.25, 0.3) is 0 Å². The summed E-state index contributed by atoms with van der Waals surface area (Å²) in [6, 6.07) is 17.3. The van der Waals surface area contributed by atoms with E-state index in [2.05, 4.69) is 17.1 Å². The highest BCUT2D eigenvalue weighted by molar-refractivity contribution is 5.85. The van der Waals surface area contributed by atoms with Crippen molar-refractivity contribution < 1.29 is 5.11 Å². The first-order chi connectivity index (χ1) is 8.33. The van der Waals surface area contributed by atoms with E-state index in [1.54, 1.807) is 12.1 Å². The van der Waals surface area contributed by atoms with Crippen LogP contribution in [0.3, 0.4) is 0 Å². The summed E-state index contributed by atoms with van der Waals surface area (Å²) in [6.07, 6.45) is 1.87. The van der Waals surface area contributed by atoms with Crippen LogP contribution in [0.15, 0.2) is 60.8 Å². The summed E-state index contributed by atoms with van der Waals surface area (Å²) >= 11 is 0. The zero-order chi connectivity index (χ0) is 11.7. The van der Waals surface area contributed by atoms with Crippen LogP contribution < -0.4 is 0 Å². The molecular formula is C15H12ClNO. The van der Waals surface area contributed by atoms with E-state index in [-0.39, 0.29) is 18.2 Å². The first-order valence-electron chi connectivity index (χ1n) is 5.47. The molecule has 90 valence electrons. The van der Waals surface area contributed by atoms with Crippen LogP contribution in [0.4, 0.5) is 0 Å². The van der Waals surface area contributed by atoms with Crippen LogP contribution in [0, 0.1) is 0 Å². The number of hydrogen-bond donors (Lipinski definition) is 1. The Morgan fingerprint density at radius 2 is 1.50 bits per heavy atom. The molecule has 0 atom stereocenters. The molecule has 0 amide bonds. The Balaban J connectivity index is 0.00000120. The average Bonchev–Trinajstić information content (AvgIpc) is 2.39. The molecule has 0 aliphatic heterocycles. The summed E-state index contributed by atoms with van der Waals surface area (Å²) in [4.78, 5) is 4.43. The van der Waals surface area contributed by atoms with Crippen molar-refractivity contribution in [1.82, 2.24) is 4.98 Å². The highest BCUT2D eigenvalue weighted by atomic mass is 35.5. The second-order valence-corrected chi connectivity index (χ2v) is 3.96. The Morgan fingerprint density at radius 3 is 2.22 bits per heavy atom. The molecule has 18 heavy (non-hydrogen) atoms. The van der Waals surface area contributed by atoms with Crippen molar-refractivity contribution in [3.8, 4) is 17.0 Å². The topological polar surface area (TPSA) is 33.1 Å². The van der Waals surface area contributed by atoms with Gasteiger partial charge in [0, 0.05) is 17.1 Å². The standard InChI is InChI=1S/C15H11NO.ClH/c17-14-7-5-11(6-8-14)15-9-12-3-1-2-4-13(12)10-16-15;/h1-10,17H;1H. The molecule has 0 radical (unpaired) electrons. The van der Waals surface area contributed by atoms with Gasteiger partial charge in [-0.3, -0.25) is 4.98 Å². The van der Waals surface area contributed by atoms with Crippen LogP contribution in [0.2, 0.25) is 0 Å². The monoisotopic (exact) mass is 257 g/mol. The van der Waals surface area contributed by atoms with Crippen LogP contribution in [-0.4, -0.2) is 10.1 Å². The fraction of sp³-hybridized carbons (Fsp3) is 0. The second kappa shape index (κ2) is 5.07. The van der Waals surface area contributed by atoms with Crippen molar-refractivity contribution in [2.24, 2.45) is 0 Å². The summed E-state index contributed by atoms with van der Waals surface area (Å²) in [5, 5.41) is 11.6. The fourth-order valence-corrected chi connectivity index (χ4v) is 1.87. The van der Waals surface area contributed by atoms with Crippen molar-refractivity contribution in [2.45, 2.75) is 0 Å². The zero-order valence-electron chi connectivity index (χ0n) is 9.58. The number of phenols is 1. The largest absolute Gasteiger partial charge is 0.508 e. The number of rotatable bonds is 1. The molecule has 3 heteroatoms. The Morgan fingerprint density at radius 1 is 0.833 bits per heavy atom. The molecule has 2 nitrogen and oxygen atoms in total. The summed E-state index contributed by atoms with van der Waals surface area (Å²) in [6.45, 7) is 0. The molecule has 1 aromatic heterocycles. The van der Waals surface area contributed by atoms with Gasteiger partial charge < -0.3 is 5.11 Å². The van der Waals surface area contributed by atoms with E-state index >= 15 is 0 Å². The lowest BCUT2D eigenvalue weighted by Crippen LogP contribution is -1.83. The maximum absolute atomic E-state index is 9.25. The molecule has 0 saturated carbocycles. The molecule has 1 heterocycles. The predicted octanol–water partition coefficient (Wildman–Crippen LogP) is 4.03. The molecule has 0 bridgehead atoms. The summed E-state index contributed by atoms with van der Waals surface area (Å²) in [5.74, 6) is 0.273. The van der Waals surface area contributed by atoms with E-state index in [1.165, 1.54) is 5.39 Å². The molecule has 3 rings (SSSR count). The van der Waals surface area contributed by atoms with Crippen molar-refractivity contribution in [3.63, 3.8) is 0 Å². The second-order valence-electron chi connectivity index (χ2n) is 3.96. The van der Waals surface area contributed by atoms with Crippen LogP contribution in [0.5, 0.6) is 5.75 Å². The Bertz CT molecular complexity index is 665. The number of aromatic hydroxyl groups is 1. The molecule has 0 aliphatic rings. The lowest BCUT2D eigenvalue weighted by molar-refractivity contribution is 0.475. The van der Waals surface area contributed by atoms with E-state index in [1.807, 2.05) is 36.5 Å². The van der Waals surface area contributed by atoms with E-state index in [9.17, 15) is 5.11 Å². The fourth-order valence-electron chi connectivity index (χ4n) is 1.87. The molecule has 1 N–H and O–H groups in total. The maximum atomic E-state index is 9.25. The van der Waals surface area contributed by atoms with Gasteiger partial charge in [0.15, 0.2) is 0 Å². The van der Waals surface area contributed by atoms with E-state index < -0.39 is 0 Å². The Kier molecular flexibility index (Phi) is 3.49. The molecule has 0 aliphatic carbocycles. The number of phenolic OH excluding ortho intramolecular Hbond substituents is 1. The summed E-state index contributed by atoms with van der Waals surface area (Å²) < 4.78 is 0. The summed E-state index contributed by atoms with van der Waals surface area (Å²) in [7, 11) is 0. The number of hydrogen-bond acceptors (Lipinski definition) is 2. The lowest BCUT2D eigenvalue weighted by Gasteiger charge is -2.03. The van der Waals surface area contributed by atoms with Crippen LogP contribution in [0.25, 0.3) is 22.0 Å². The normalized spacial score (nSPS) is 10.0. The van der Waals surface area contributed by atoms with Crippen molar-refractivity contribution in [1.29, 1.82) is 0 Å². The highest BCUT2D eigenvalue weighted by Crippen LogP contribution is 2.23. The van der Waals surface area contributed by atoms with Gasteiger partial charge in [-0.15, -0.1) is 12.4 Å². The quantitative estimate of drug-likeness (QED) is 0.714. The molecule has 0 saturated heterocycles. The lowest BCUT2D eigenvalue weighted by atomic mass is 10.1. The van der Waals surface area contributed by atoms with E-state index in [0.717, 1.165) is 16.6 Å². The first-order valence-corrected chi connectivity index (χ1v) is 5.47. The predicted molar refractivity (Wildman–Crippen MR) is 76.1 cm³/mol. The van der Waals surface area contributed by atoms with Crippen LogP contribution in [0.1, 0.15) is 0 Å².